The zero-order valence-corrected chi connectivity index (χ0v) is 18.5. The third kappa shape index (κ3) is 7.44. The van der Waals surface area contributed by atoms with E-state index in [0.29, 0.717) is 35.9 Å². The summed E-state index contributed by atoms with van der Waals surface area (Å²) in [5, 5.41) is 0.594. The van der Waals surface area contributed by atoms with E-state index in [0.717, 1.165) is 0 Å². The number of halogens is 1. The smallest absolute Gasteiger partial charge is 0.240 e. The topological polar surface area (TPSA) is 92.8 Å². The molecule has 162 valence electrons. The fraction of sp³-hybridized carbons (Fsp3) is 0.333. The quantitative estimate of drug-likeness (QED) is 0.417. The minimum absolute atomic E-state index is 0.0149. The van der Waals surface area contributed by atoms with Crippen molar-refractivity contribution in [2.24, 2.45) is 0 Å². The molecule has 0 aliphatic rings. The second-order valence-corrected chi connectivity index (χ2v) is 8.91. The van der Waals surface area contributed by atoms with Gasteiger partial charge in [-0.2, -0.15) is 0 Å². The predicted molar refractivity (Wildman–Crippen MR) is 115 cm³/mol. The lowest BCUT2D eigenvalue weighted by Gasteiger charge is -2.17. The third-order valence-electron chi connectivity index (χ3n) is 4.33. The molecule has 0 unspecified atom stereocenters. The Bertz CT molecular complexity index is 977. The molecule has 0 bridgehead atoms. The van der Waals surface area contributed by atoms with Gasteiger partial charge in [-0.1, -0.05) is 29.8 Å². The van der Waals surface area contributed by atoms with Gasteiger partial charge >= 0.3 is 0 Å². The summed E-state index contributed by atoms with van der Waals surface area (Å²) in [4.78, 5) is 25.1. The number of nitrogens with zero attached hydrogens (tertiary/aromatic N) is 1. The number of amides is 1. The minimum atomic E-state index is -3.74. The summed E-state index contributed by atoms with van der Waals surface area (Å²) in [6, 6.07) is 12.7. The molecule has 0 saturated carbocycles. The predicted octanol–water partition coefficient (Wildman–Crippen LogP) is 3.14. The standard InChI is InChI=1S/C21H25ClN2O5S/c1-16(25)17-7-9-20(10-8-17)30(27,28)23-12-11-21(26)24(2)13-4-14-29-19-6-3-5-18(22)15-19/h3,5-10,15,23H,4,11-14H2,1-2H3. The Hall–Kier alpha value is -2.42. The molecule has 0 atom stereocenters. The maximum atomic E-state index is 12.3. The fourth-order valence-electron chi connectivity index (χ4n) is 2.61. The highest BCUT2D eigenvalue weighted by atomic mass is 35.5. The number of ether oxygens (including phenoxy) is 1. The van der Waals surface area contributed by atoms with Crippen LogP contribution in [0, 0.1) is 0 Å². The lowest BCUT2D eigenvalue weighted by Crippen LogP contribution is -2.33. The van der Waals surface area contributed by atoms with Crippen molar-refractivity contribution in [1.82, 2.24) is 9.62 Å². The van der Waals surface area contributed by atoms with Crippen molar-refractivity contribution in [3.63, 3.8) is 0 Å². The molecule has 2 aromatic carbocycles. The van der Waals surface area contributed by atoms with Crippen molar-refractivity contribution in [3.05, 3.63) is 59.1 Å². The summed E-state index contributed by atoms with van der Waals surface area (Å²) in [6.07, 6.45) is 0.666. The van der Waals surface area contributed by atoms with E-state index in [1.54, 1.807) is 31.3 Å². The minimum Gasteiger partial charge on any atom is -0.493 e. The number of Topliss-reactive ketones (excluding diaryl/α,β-unsaturated/α-hetero) is 1. The lowest BCUT2D eigenvalue weighted by molar-refractivity contribution is -0.129. The third-order valence-corrected chi connectivity index (χ3v) is 6.04. The highest BCUT2D eigenvalue weighted by molar-refractivity contribution is 7.89. The molecule has 0 spiro atoms. The van der Waals surface area contributed by atoms with Crippen LogP contribution in [0.1, 0.15) is 30.1 Å². The normalized spacial score (nSPS) is 11.2. The molecule has 0 saturated heterocycles. The van der Waals surface area contributed by atoms with Crippen LogP contribution in [0.4, 0.5) is 0 Å². The number of carbonyl (C=O) groups is 2. The van der Waals surface area contributed by atoms with Crippen molar-refractivity contribution in [2.75, 3.05) is 26.7 Å². The van der Waals surface area contributed by atoms with Gasteiger partial charge in [0.05, 0.1) is 11.5 Å². The van der Waals surface area contributed by atoms with E-state index in [4.69, 9.17) is 16.3 Å². The Labute approximate surface area is 182 Å². The van der Waals surface area contributed by atoms with E-state index < -0.39 is 10.0 Å². The largest absolute Gasteiger partial charge is 0.493 e. The SMILES string of the molecule is CC(=O)c1ccc(S(=O)(=O)NCCC(=O)N(C)CCCOc2cccc(Cl)c2)cc1. The monoisotopic (exact) mass is 452 g/mol. The molecular weight excluding hydrogens is 428 g/mol. The molecule has 0 fully saturated rings. The summed E-state index contributed by atoms with van der Waals surface area (Å²) in [7, 11) is -2.08. The van der Waals surface area contributed by atoms with Gasteiger partial charge in [-0.25, -0.2) is 13.1 Å². The summed E-state index contributed by atoms with van der Waals surface area (Å²) in [6.45, 7) is 2.31. The first kappa shape index (κ1) is 23.9. The van der Waals surface area contributed by atoms with E-state index >= 15 is 0 Å². The van der Waals surface area contributed by atoms with Crippen LogP contribution in [-0.2, 0) is 14.8 Å². The zero-order chi connectivity index (χ0) is 22.1. The van der Waals surface area contributed by atoms with E-state index in [1.807, 2.05) is 0 Å². The first-order valence-electron chi connectivity index (χ1n) is 9.42. The molecule has 30 heavy (non-hydrogen) atoms. The first-order chi connectivity index (χ1) is 14.2. The molecule has 0 aromatic heterocycles. The molecule has 0 heterocycles. The molecule has 0 radical (unpaired) electrons. The molecule has 1 amide bonds. The average Bonchev–Trinajstić information content (AvgIpc) is 2.71. The number of nitrogens with one attached hydrogen (secondary N) is 1. The van der Waals surface area contributed by atoms with Gasteiger partial charge in [0.2, 0.25) is 15.9 Å². The van der Waals surface area contributed by atoms with E-state index in [1.165, 1.54) is 36.1 Å². The molecule has 0 aliphatic carbocycles. The van der Waals surface area contributed by atoms with E-state index in [9.17, 15) is 18.0 Å². The van der Waals surface area contributed by atoms with Crippen LogP contribution < -0.4 is 9.46 Å². The van der Waals surface area contributed by atoms with Crippen LogP contribution in [0.5, 0.6) is 5.75 Å². The summed E-state index contributed by atoms with van der Waals surface area (Å²) in [5.41, 5.74) is 0.435. The van der Waals surface area contributed by atoms with Gasteiger partial charge in [-0.05, 0) is 43.7 Å². The van der Waals surface area contributed by atoms with Crippen LogP contribution in [0.15, 0.2) is 53.4 Å². The molecule has 1 N–H and O–H groups in total. The van der Waals surface area contributed by atoms with Crippen LogP contribution >= 0.6 is 11.6 Å². The maximum Gasteiger partial charge on any atom is 0.240 e. The lowest BCUT2D eigenvalue weighted by atomic mass is 10.2. The van der Waals surface area contributed by atoms with Crippen LogP contribution in [0.2, 0.25) is 5.02 Å². The highest BCUT2D eigenvalue weighted by Crippen LogP contribution is 2.17. The number of sulfonamides is 1. The Morgan fingerprint density at radius 3 is 2.47 bits per heavy atom. The van der Waals surface area contributed by atoms with Gasteiger partial charge in [0.25, 0.3) is 0 Å². The van der Waals surface area contributed by atoms with E-state index in [-0.39, 0.29) is 29.6 Å². The fourth-order valence-corrected chi connectivity index (χ4v) is 3.82. The highest BCUT2D eigenvalue weighted by Gasteiger charge is 2.16. The second-order valence-electron chi connectivity index (χ2n) is 6.70. The average molecular weight is 453 g/mol. The van der Waals surface area contributed by atoms with Crippen molar-refractivity contribution < 1.29 is 22.7 Å². The molecule has 2 rings (SSSR count). The number of hydrogen-bond donors (Lipinski definition) is 1. The Balaban J connectivity index is 1.71. The van der Waals surface area contributed by atoms with Crippen LogP contribution in [0.25, 0.3) is 0 Å². The number of carbonyl (C=O) groups excluding carboxylic acids is 2. The van der Waals surface area contributed by atoms with Crippen molar-refractivity contribution in [3.8, 4) is 5.75 Å². The molecule has 9 heteroatoms. The first-order valence-corrected chi connectivity index (χ1v) is 11.3. The van der Waals surface area contributed by atoms with Gasteiger partial charge in [-0.3, -0.25) is 9.59 Å². The molecular formula is C21H25ClN2O5S. The van der Waals surface area contributed by atoms with Crippen molar-refractivity contribution >= 4 is 33.3 Å². The number of hydrogen-bond acceptors (Lipinski definition) is 5. The summed E-state index contributed by atoms with van der Waals surface area (Å²) in [5.74, 6) is 0.355. The van der Waals surface area contributed by atoms with Crippen LogP contribution in [0.3, 0.4) is 0 Å². The summed E-state index contributed by atoms with van der Waals surface area (Å²) >= 11 is 5.89. The van der Waals surface area contributed by atoms with E-state index in [2.05, 4.69) is 4.72 Å². The van der Waals surface area contributed by atoms with Crippen molar-refractivity contribution in [1.29, 1.82) is 0 Å². The molecule has 7 nitrogen and oxygen atoms in total. The number of rotatable bonds is 11. The Morgan fingerprint density at radius 2 is 1.83 bits per heavy atom. The molecule has 2 aromatic rings. The Morgan fingerprint density at radius 1 is 1.13 bits per heavy atom. The van der Waals surface area contributed by atoms with Gasteiger partial charge in [0, 0.05) is 37.1 Å². The zero-order valence-electron chi connectivity index (χ0n) is 16.9. The summed E-state index contributed by atoms with van der Waals surface area (Å²) < 4.78 is 32.6. The Kier molecular flexibility index (Phi) is 8.83. The van der Waals surface area contributed by atoms with Gasteiger partial charge in [0.1, 0.15) is 5.75 Å². The van der Waals surface area contributed by atoms with Gasteiger partial charge in [-0.15, -0.1) is 0 Å². The van der Waals surface area contributed by atoms with Crippen molar-refractivity contribution in [2.45, 2.75) is 24.7 Å². The van der Waals surface area contributed by atoms with Gasteiger partial charge < -0.3 is 9.64 Å². The maximum absolute atomic E-state index is 12.3. The number of benzene rings is 2. The number of ketones is 1. The second kappa shape index (κ2) is 11.1. The molecule has 0 aliphatic heterocycles. The van der Waals surface area contributed by atoms with Gasteiger partial charge in [0.15, 0.2) is 5.78 Å². The van der Waals surface area contributed by atoms with Crippen LogP contribution in [-0.4, -0.2) is 51.8 Å².